The van der Waals surface area contributed by atoms with Crippen LogP contribution in [-0.4, -0.2) is 19.8 Å². The maximum absolute atomic E-state index is 5.59. The molecule has 0 N–H and O–H groups in total. The van der Waals surface area contributed by atoms with Gasteiger partial charge in [0.1, 0.15) is 0 Å². The largest absolute Gasteiger partial charge is 0.332 e. The van der Waals surface area contributed by atoms with Gasteiger partial charge in [-0.15, -0.1) is 0 Å². The van der Waals surface area contributed by atoms with Crippen molar-refractivity contribution < 1.29 is 13.6 Å². The lowest BCUT2D eigenvalue weighted by molar-refractivity contribution is 0.168. The Kier molecular flexibility index (Phi) is 14.0. The first-order valence-corrected chi connectivity index (χ1v) is 8.49. The van der Waals surface area contributed by atoms with Gasteiger partial charge in [-0.3, -0.25) is 0 Å². The Balaban J connectivity index is 3.26. The van der Waals surface area contributed by atoms with Gasteiger partial charge in [0.15, 0.2) is 0 Å². The summed E-state index contributed by atoms with van der Waals surface area (Å²) in [5.74, 6) is 0.842. The maximum Gasteiger partial charge on any atom is 0.332 e. The average molecular weight is 278 g/mol. The molecule has 0 amide bonds. The minimum Gasteiger partial charge on any atom is -0.313 e. The Morgan fingerprint density at radius 3 is 1.89 bits per heavy atom. The lowest BCUT2D eigenvalue weighted by atomic mass is 10.0. The zero-order chi connectivity index (χ0) is 13.6. The van der Waals surface area contributed by atoms with E-state index >= 15 is 0 Å². The summed E-state index contributed by atoms with van der Waals surface area (Å²) in [5, 5.41) is 0. The van der Waals surface area contributed by atoms with E-state index < -0.39 is 8.60 Å². The molecule has 0 aliphatic heterocycles. The van der Waals surface area contributed by atoms with E-state index in [4.69, 9.17) is 13.6 Å². The van der Waals surface area contributed by atoms with Crippen molar-refractivity contribution in [3.8, 4) is 0 Å². The van der Waals surface area contributed by atoms with E-state index in [-0.39, 0.29) is 0 Å². The first kappa shape index (κ1) is 18.3. The van der Waals surface area contributed by atoms with Crippen molar-refractivity contribution in [2.45, 2.75) is 66.2 Å². The second-order valence-corrected chi connectivity index (χ2v) is 6.06. The smallest absolute Gasteiger partial charge is 0.313 e. The Bertz CT molecular complexity index is 159. The highest BCUT2D eigenvalue weighted by Gasteiger charge is 2.09. The van der Waals surface area contributed by atoms with E-state index in [1.165, 1.54) is 32.1 Å². The van der Waals surface area contributed by atoms with E-state index in [0.717, 1.165) is 18.9 Å². The predicted molar refractivity (Wildman–Crippen MR) is 78.7 cm³/mol. The van der Waals surface area contributed by atoms with Crippen LogP contribution in [0.2, 0.25) is 0 Å². The van der Waals surface area contributed by atoms with Gasteiger partial charge in [-0.25, -0.2) is 0 Å². The second-order valence-electron chi connectivity index (χ2n) is 4.84. The van der Waals surface area contributed by atoms with Crippen LogP contribution in [0.4, 0.5) is 0 Å². The molecule has 0 aromatic rings. The van der Waals surface area contributed by atoms with Crippen LogP contribution in [-0.2, 0) is 13.6 Å². The summed E-state index contributed by atoms with van der Waals surface area (Å²) in [6, 6.07) is 0. The zero-order valence-electron chi connectivity index (χ0n) is 12.6. The Labute approximate surface area is 115 Å². The quantitative estimate of drug-likeness (QED) is 0.338. The van der Waals surface area contributed by atoms with Crippen LogP contribution in [0.3, 0.4) is 0 Å². The lowest BCUT2D eigenvalue weighted by Gasteiger charge is -2.14. The minimum atomic E-state index is -1.10. The normalized spacial score (nSPS) is 11.7. The van der Waals surface area contributed by atoms with Crippen molar-refractivity contribution in [2.75, 3.05) is 19.8 Å². The second kappa shape index (κ2) is 13.7. The molecule has 0 aromatic carbocycles. The van der Waals surface area contributed by atoms with Gasteiger partial charge in [0.05, 0.1) is 19.8 Å². The van der Waals surface area contributed by atoms with E-state index in [9.17, 15) is 0 Å². The van der Waals surface area contributed by atoms with Gasteiger partial charge in [0.2, 0.25) is 0 Å². The van der Waals surface area contributed by atoms with Gasteiger partial charge in [0.25, 0.3) is 0 Å². The first-order valence-electron chi connectivity index (χ1n) is 7.39. The molecule has 0 atom stereocenters. The SMILES string of the molecule is CCOP(OCC)OCCCCCCCC(C)C. The molecule has 18 heavy (non-hydrogen) atoms. The van der Waals surface area contributed by atoms with Gasteiger partial charge < -0.3 is 13.6 Å². The van der Waals surface area contributed by atoms with Gasteiger partial charge in [0, 0.05) is 0 Å². The Morgan fingerprint density at radius 1 is 0.778 bits per heavy atom. The summed E-state index contributed by atoms with van der Waals surface area (Å²) in [7, 11) is -1.10. The fraction of sp³-hybridized carbons (Fsp3) is 1.00. The lowest BCUT2D eigenvalue weighted by Crippen LogP contribution is -1.97. The number of unbranched alkanes of at least 4 members (excludes halogenated alkanes) is 4. The van der Waals surface area contributed by atoms with Crippen molar-refractivity contribution >= 4 is 8.60 Å². The van der Waals surface area contributed by atoms with Crippen LogP contribution in [0.25, 0.3) is 0 Å². The molecule has 0 spiro atoms. The molecule has 0 aliphatic rings. The summed E-state index contributed by atoms with van der Waals surface area (Å²) in [5.41, 5.74) is 0. The van der Waals surface area contributed by atoms with E-state index in [2.05, 4.69) is 13.8 Å². The third-order valence-corrected chi connectivity index (χ3v) is 3.92. The zero-order valence-corrected chi connectivity index (χ0v) is 13.5. The van der Waals surface area contributed by atoms with Crippen molar-refractivity contribution in [2.24, 2.45) is 5.92 Å². The van der Waals surface area contributed by atoms with Crippen molar-refractivity contribution in [1.82, 2.24) is 0 Å². The number of hydrogen-bond donors (Lipinski definition) is 0. The van der Waals surface area contributed by atoms with Crippen molar-refractivity contribution in [3.05, 3.63) is 0 Å². The summed E-state index contributed by atoms with van der Waals surface area (Å²) < 4.78 is 16.3. The van der Waals surface area contributed by atoms with Crippen molar-refractivity contribution in [3.63, 3.8) is 0 Å². The molecule has 0 heterocycles. The number of hydrogen-bond acceptors (Lipinski definition) is 3. The molecule has 0 unspecified atom stereocenters. The first-order chi connectivity index (χ1) is 8.70. The molecule has 0 fully saturated rings. The highest BCUT2D eigenvalue weighted by molar-refractivity contribution is 7.41. The van der Waals surface area contributed by atoms with Crippen LogP contribution in [0.5, 0.6) is 0 Å². The fourth-order valence-corrected chi connectivity index (χ4v) is 2.57. The molecule has 0 bridgehead atoms. The van der Waals surface area contributed by atoms with E-state index in [1.54, 1.807) is 0 Å². The molecule has 0 aliphatic carbocycles. The molecule has 110 valence electrons. The third kappa shape index (κ3) is 12.8. The minimum absolute atomic E-state index is 0.654. The van der Waals surface area contributed by atoms with Crippen LogP contribution < -0.4 is 0 Å². The summed E-state index contributed by atoms with van der Waals surface area (Å²) >= 11 is 0. The third-order valence-electron chi connectivity index (χ3n) is 2.59. The predicted octanol–water partition coefficient (Wildman–Crippen LogP) is 5.30. The topological polar surface area (TPSA) is 27.7 Å². The Hall–Kier alpha value is 0.310. The van der Waals surface area contributed by atoms with Crippen LogP contribution in [0.1, 0.15) is 66.2 Å². The molecule has 3 nitrogen and oxygen atoms in total. The van der Waals surface area contributed by atoms with E-state index in [0.29, 0.717) is 13.2 Å². The van der Waals surface area contributed by atoms with Gasteiger partial charge >= 0.3 is 8.60 Å². The van der Waals surface area contributed by atoms with Crippen LogP contribution in [0.15, 0.2) is 0 Å². The molecule has 0 radical (unpaired) electrons. The molecular formula is C14H31O3P. The summed E-state index contributed by atoms with van der Waals surface area (Å²) in [6.07, 6.45) is 7.75. The molecule has 0 saturated carbocycles. The number of rotatable bonds is 13. The fourth-order valence-electron chi connectivity index (χ4n) is 1.65. The average Bonchev–Trinajstić information content (AvgIpc) is 2.32. The molecule has 0 aromatic heterocycles. The summed E-state index contributed by atoms with van der Waals surface area (Å²) in [4.78, 5) is 0. The van der Waals surface area contributed by atoms with E-state index in [1.807, 2.05) is 13.8 Å². The van der Waals surface area contributed by atoms with Gasteiger partial charge in [-0.05, 0) is 26.2 Å². The maximum atomic E-state index is 5.59. The Morgan fingerprint density at radius 2 is 1.33 bits per heavy atom. The van der Waals surface area contributed by atoms with Gasteiger partial charge in [-0.2, -0.15) is 0 Å². The van der Waals surface area contributed by atoms with Crippen molar-refractivity contribution in [1.29, 1.82) is 0 Å². The summed E-state index contributed by atoms with van der Waals surface area (Å²) in [6.45, 7) is 10.6. The highest BCUT2D eigenvalue weighted by atomic mass is 31.2. The van der Waals surface area contributed by atoms with Gasteiger partial charge in [-0.1, -0.05) is 46.0 Å². The molecule has 4 heteroatoms. The van der Waals surface area contributed by atoms with Crippen LogP contribution in [0, 0.1) is 5.92 Å². The molecule has 0 rings (SSSR count). The van der Waals surface area contributed by atoms with Crippen LogP contribution >= 0.6 is 8.60 Å². The monoisotopic (exact) mass is 278 g/mol. The molecular weight excluding hydrogens is 247 g/mol. The molecule has 0 saturated heterocycles. The highest BCUT2D eigenvalue weighted by Crippen LogP contribution is 2.39. The standard InChI is InChI=1S/C14H31O3P/c1-5-15-18(16-6-2)17-13-11-9-7-8-10-12-14(3)4/h14H,5-13H2,1-4H3.